The summed E-state index contributed by atoms with van der Waals surface area (Å²) in [4.78, 5) is 18.7. The Balaban J connectivity index is 1.52. The molecular formula is C20H23N3O3S. The molecule has 27 heavy (non-hydrogen) atoms. The summed E-state index contributed by atoms with van der Waals surface area (Å²) in [6.07, 6.45) is 0.776. The first-order chi connectivity index (χ1) is 13.1. The van der Waals surface area contributed by atoms with Crippen LogP contribution in [0.4, 0.5) is 5.13 Å². The second kappa shape index (κ2) is 8.73. The number of carbonyl (C=O) groups is 1. The van der Waals surface area contributed by atoms with Crippen LogP contribution in [0.5, 0.6) is 11.5 Å². The van der Waals surface area contributed by atoms with E-state index in [-0.39, 0.29) is 12.5 Å². The van der Waals surface area contributed by atoms with Crippen LogP contribution >= 0.6 is 11.3 Å². The fraction of sp³-hybridized carbons (Fsp3) is 0.300. The average molecular weight is 385 g/mol. The van der Waals surface area contributed by atoms with Gasteiger partial charge in [0.05, 0.1) is 25.5 Å². The van der Waals surface area contributed by atoms with Crippen molar-refractivity contribution in [1.82, 2.24) is 10.3 Å². The molecule has 0 radical (unpaired) electrons. The molecule has 0 aliphatic carbocycles. The Morgan fingerprint density at radius 1 is 1.15 bits per heavy atom. The van der Waals surface area contributed by atoms with Crippen LogP contribution < -0.4 is 19.7 Å². The van der Waals surface area contributed by atoms with Gasteiger partial charge in [0.1, 0.15) is 17.0 Å². The minimum absolute atomic E-state index is 0.0303. The molecule has 1 amide bonds. The minimum atomic E-state index is -0.0303. The highest BCUT2D eigenvalue weighted by atomic mass is 32.1. The number of benzene rings is 2. The van der Waals surface area contributed by atoms with Crippen molar-refractivity contribution in [1.29, 1.82) is 0 Å². The molecule has 2 aromatic carbocycles. The third-order valence-electron chi connectivity index (χ3n) is 4.19. The van der Waals surface area contributed by atoms with Crippen molar-refractivity contribution in [2.24, 2.45) is 0 Å². The van der Waals surface area contributed by atoms with E-state index in [0.717, 1.165) is 38.8 Å². The Morgan fingerprint density at radius 3 is 2.63 bits per heavy atom. The van der Waals surface area contributed by atoms with Crippen molar-refractivity contribution in [2.75, 3.05) is 39.3 Å². The minimum Gasteiger partial charge on any atom is -0.497 e. The number of ether oxygens (including phenoxy) is 2. The lowest BCUT2D eigenvalue weighted by Crippen LogP contribution is -2.36. The summed E-state index contributed by atoms with van der Waals surface area (Å²) in [5.74, 6) is 1.54. The maximum absolute atomic E-state index is 12.2. The first-order valence-corrected chi connectivity index (χ1v) is 9.46. The maximum atomic E-state index is 12.2. The lowest BCUT2D eigenvalue weighted by atomic mass is 10.1. The zero-order chi connectivity index (χ0) is 19.2. The van der Waals surface area contributed by atoms with E-state index in [4.69, 9.17) is 9.47 Å². The first-order valence-electron chi connectivity index (χ1n) is 8.65. The summed E-state index contributed by atoms with van der Waals surface area (Å²) in [7, 11) is 5.15. The van der Waals surface area contributed by atoms with Crippen LogP contribution in [0.3, 0.4) is 0 Å². The number of likely N-dealkylation sites (N-methyl/N-ethyl adjacent to an activating group) is 1. The number of hydrogen-bond acceptors (Lipinski definition) is 6. The number of methoxy groups -OCH3 is 2. The molecule has 6 nitrogen and oxygen atoms in total. The summed E-state index contributed by atoms with van der Waals surface area (Å²) in [6.45, 7) is 0.845. The Kier molecular flexibility index (Phi) is 6.13. The molecule has 0 atom stereocenters. The predicted molar refractivity (Wildman–Crippen MR) is 109 cm³/mol. The molecule has 1 heterocycles. The molecule has 7 heteroatoms. The van der Waals surface area contributed by atoms with Gasteiger partial charge in [0, 0.05) is 13.6 Å². The van der Waals surface area contributed by atoms with Crippen molar-refractivity contribution in [3.63, 3.8) is 0 Å². The molecule has 0 aliphatic rings. The molecule has 0 aliphatic heterocycles. The van der Waals surface area contributed by atoms with Crippen molar-refractivity contribution < 1.29 is 14.3 Å². The zero-order valence-corrected chi connectivity index (χ0v) is 16.5. The Labute approximate surface area is 162 Å². The van der Waals surface area contributed by atoms with Crippen molar-refractivity contribution in [2.45, 2.75) is 6.42 Å². The predicted octanol–water partition coefficient (Wildman–Crippen LogP) is 3.11. The molecular weight excluding hydrogens is 362 g/mol. The fourth-order valence-electron chi connectivity index (χ4n) is 2.72. The van der Waals surface area contributed by atoms with Gasteiger partial charge in [0.15, 0.2) is 5.13 Å². The lowest BCUT2D eigenvalue weighted by molar-refractivity contribution is -0.119. The van der Waals surface area contributed by atoms with Crippen LogP contribution in [0.25, 0.3) is 10.2 Å². The van der Waals surface area contributed by atoms with Crippen molar-refractivity contribution in [3.8, 4) is 11.5 Å². The number of amides is 1. The van der Waals surface area contributed by atoms with E-state index in [1.54, 1.807) is 25.6 Å². The summed E-state index contributed by atoms with van der Waals surface area (Å²) < 4.78 is 11.5. The summed E-state index contributed by atoms with van der Waals surface area (Å²) >= 11 is 1.54. The van der Waals surface area contributed by atoms with Gasteiger partial charge in [-0.05, 0) is 36.2 Å². The number of carbonyl (C=O) groups excluding carboxylic acids is 1. The third kappa shape index (κ3) is 4.68. The van der Waals surface area contributed by atoms with Crippen LogP contribution in [-0.2, 0) is 11.2 Å². The van der Waals surface area contributed by atoms with Gasteiger partial charge in [-0.3, -0.25) is 4.79 Å². The average Bonchev–Trinajstić information content (AvgIpc) is 3.13. The number of fused-ring (bicyclic) bond motifs is 1. The van der Waals surface area contributed by atoms with Crippen LogP contribution in [0.1, 0.15) is 5.56 Å². The summed E-state index contributed by atoms with van der Waals surface area (Å²) in [5.41, 5.74) is 1.98. The van der Waals surface area contributed by atoms with E-state index >= 15 is 0 Å². The molecule has 0 saturated heterocycles. The summed E-state index contributed by atoms with van der Waals surface area (Å²) in [5, 5.41) is 3.75. The Morgan fingerprint density at radius 2 is 1.93 bits per heavy atom. The van der Waals surface area contributed by atoms with Gasteiger partial charge >= 0.3 is 0 Å². The van der Waals surface area contributed by atoms with Crippen molar-refractivity contribution in [3.05, 3.63) is 48.0 Å². The number of anilines is 1. The Hall–Kier alpha value is -2.80. The molecule has 0 spiro atoms. The van der Waals surface area contributed by atoms with Gasteiger partial charge in [0.25, 0.3) is 0 Å². The van der Waals surface area contributed by atoms with Gasteiger partial charge < -0.3 is 19.7 Å². The Bertz CT molecular complexity index is 908. The first kappa shape index (κ1) is 19.0. The normalized spacial score (nSPS) is 10.6. The molecule has 0 saturated carbocycles. The fourth-order valence-corrected chi connectivity index (χ4v) is 3.66. The van der Waals surface area contributed by atoms with Gasteiger partial charge in [-0.2, -0.15) is 0 Å². The van der Waals surface area contributed by atoms with E-state index < -0.39 is 0 Å². The molecule has 142 valence electrons. The number of hydrogen-bond donors (Lipinski definition) is 1. The highest BCUT2D eigenvalue weighted by Gasteiger charge is 2.14. The molecule has 0 fully saturated rings. The van der Waals surface area contributed by atoms with E-state index in [2.05, 4.69) is 10.3 Å². The number of para-hydroxylation sites is 1. The number of nitrogens with one attached hydrogen (secondary N) is 1. The topological polar surface area (TPSA) is 63.7 Å². The van der Waals surface area contributed by atoms with Gasteiger partial charge in [-0.1, -0.05) is 29.5 Å². The van der Waals surface area contributed by atoms with Crippen LogP contribution in [-0.4, -0.2) is 45.2 Å². The standard InChI is InChI=1S/C20H23N3O3S/c1-23(20-22-19-16(26-3)5-4-6-17(19)27-20)13-18(24)21-12-11-14-7-9-15(25-2)10-8-14/h4-10H,11-13H2,1-3H3,(H,21,24). The summed E-state index contributed by atoms with van der Waals surface area (Å²) in [6, 6.07) is 13.7. The molecule has 0 bridgehead atoms. The molecule has 0 unspecified atom stereocenters. The molecule has 1 N–H and O–H groups in total. The van der Waals surface area contributed by atoms with Crippen LogP contribution in [0.15, 0.2) is 42.5 Å². The van der Waals surface area contributed by atoms with Gasteiger partial charge in [0.2, 0.25) is 5.91 Å². The quantitative estimate of drug-likeness (QED) is 0.646. The third-order valence-corrected chi connectivity index (χ3v) is 5.33. The monoisotopic (exact) mass is 385 g/mol. The maximum Gasteiger partial charge on any atom is 0.239 e. The number of nitrogens with zero attached hydrogens (tertiary/aromatic N) is 2. The zero-order valence-electron chi connectivity index (χ0n) is 15.7. The SMILES string of the molecule is COc1ccc(CCNC(=O)CN(C)c2nc3c(OC)cccc3s2)cc1. The number of rotatable bonds is 8. The van der Waals surface area contributed by atoms with Gasteiger partial charge in [-0.15, -0.1) is 0 Å². The molecule has 3 aromatic rings. The van der Waals surface area contributed by atoms with Crippen LogP contribution in [0, 0.1) is 0 Å². The molecule has 3 rings (SSSR count). The van der Waals surface area contributed by atoms with E-state index in [1.807, 2.05) is 54.4 Å². The number of thiazole rings is 1. The van der Waals surface area contributed by atoms with E-state index in [9.17, 15) is 4.79 Å². The number of aromatic nitrogens is 1. The van der Waals surface area contributed by atoms with Gasteiger partial charge in [-0.25, -0.2) is 4.98 Å². The van der Waals surface area contributed by atoms with Crippen LogP contribution in [0.2, 0.25) is 0 Å². The highest BCUT2D eigenvalue weighted by molar-refractivity contribution is 7.22. The van der Waals surface area contributed by atoms with Crippen molar-refractivity contribution >= 4 is 32.6 Å². The van der Waals surface area contributed by atoms with E-state index in [1.165, 1.54) is 0 Å². The largest absolute Gasteiger partial charge is 0.497 e. The smallest absolute Gasteiger partial charge is 0.239 e. The lowest BCUT2D eigenvalue weighted by Gasteiger charge is -2.15. The second-order valence-electron chi connectivity index (χ2n) is 6.11. The highest BCUT2D eigenvalue weighted by Crippen LogP contribution is 2.33. The molecule has 1 aromatic heterocycles. The van der Waals surface area contributed by atoms with E-state index in [0.29, 0.717) is 6.54 Å². The second-order valence-corrected chi connectivity index (χ2v) is 7.12.